The summed E-state index contributed by atoms with van der Waals surface area (Å²) in [6.45, 7) is 0. The lowest BCUT2D eigenvalue weighted by Gasteiger charge is -2.12. The van der Waals surface area contributed by atoms with E-state index < -0.39 is 26.4 Å². The van der Waals surface area contributed by atoms with Gasteiger partial charge in [0.15, 0.2) is 9.84 Å². The van der Waals surface area contributed by atoms with Gasteiger partial charge in [0.1, 0.15) is 16.5 Å². The number of rotatable bonds is 3. The molecule has 6 heteroatoms. The first-order valence-corrected chi connectivity index (χ1v) is 9.40. The van der Waals surface area contributed by atoms with E-state index in [1.54, 1.807) is 24.3 Å². The summed E-state index contributed by atoms with van der Waals surface area (Å²) in [4.78, 5) is -0.643. The van der Waals surface area contributed by atoms with Gasteiger partial charge >= 0.3 is 0 Å². The van der Waals surface area contributed by atoms with Gasteiger partial charge in [-0.3, -0.25) is 0 Å². The quantitative estimate of drug-likeness (QED) is 0.774. The van der Waals surface area contributed by atoms with Gasteiger partial charge in [0, 0.05) is 16.8 Å². The summed E-state index contributed by atoms with van der Waals surface area (Å²) in [5.74, 6) is -1.75. The molecule has 0 bridgehead atoms. The summed E-state index contributed by atoms with van der Waals surface area (Å²) in [6, 6.07) is 8.74. The van der Waals surface area contributed by atoms with Crippen LogP contribution in [0.5, 0.6) is 0 Å². The zero-order valence-electron chi connectivity index (χ0n) is 12.7. The Bertz CT molecular complexity index is 992. The van der Waals surface area contributed by atoms with Gasteiger partial charge in [-0.05, 0) is 47.4 Å². The molecular formula is C18H13ClF2O2S. The Morgan fingerprint density at radius 2 is 1.71 bits per heavy atom. The molecule has 1 aliphatic rings. The summed E-state index contributed by atoms with van der Waals surface area (Å²) in [6.07, 6.45) is 5.08. The molecule has 0 unspecified atom stereocenters. The molecule has 2 nitrogen and oxygen atoms in total. The predicted molar refractivity (Wildman–Crippen MR) is 91.5 cm³/mol. The summed E-state index contributed by atoms with van der Waals surface area (Å²) >= 11 is 6.00. The average Bonchev–Trinajstić information content (AvgIpc) is 2.97. The largest absolute Gasteiger partial charge is 0.224 e. The maximum absolute atomic E-state index is 14.5. The molecule has 0 aromatic heterocycles. The van der Waals surface area contributed by atoms with E-state index in [9.17, 15) is 17.2 Å². The Hall–Kier alpha value is -1.98. The number of hydrogen-bond donors (Lipinski definition) is 0. The van der Waals surface area contributed by atoms with Crippen LogP contribution in [0.2, 0.25) is 5.02 Å². The lowest BCUT2D eigenvalue weighted by Crippen LogP contribution is -2.04. The van der Waals surface area contributed by atoms with Crippen LogP contribution >= 0.6 is 11.6 Å². The Kier molecular flexibility index (Phi) is 4.32. The van der Waals surface area contributed by atoms with Gasteiger partial charge in [-0.2, -0.15) is 0 Å². The third-order valence-electron chi connectivity index (χ3n) is 3.78. The van der Waals surface area contributed by atoms with E-state index in [-0.39, 0.29) is 5.56 Å². The Balaban J connectivity index is 2.10. The zero-order chi connectivity index (χ0) is 17.5. The molecule has 0 atom stereocenters. The molecule has 0 saturated heterocycles. The van der Waals surface area contributed by atoms with Crippen molar-refractivity contribution in [3.8, 4) is 0 Å². The maximum atomic E-state index is 14.5. The molecule has 2 aromatic rings. The lowest BCUT2D eigenvalue weighted by molar-refractivity contribution is 0.554. The van der Waals surface area contributed by atoms with Gasteiger partial charge in [-0.25, -0.2) is 17.2 Å². The summed E-state index contributed by atoms with van der Waals surface area (Å²) in [5.41, 5.74) is 2.08. The second-order valence-corrected chi connectivity index (χ2v) is 7.94. The van der Waals surface area contributed by atoms with Crippen LogP contribution in [0, 0.1) is 11.6 Å². The number of benzene rings is 2. The second-order valence-electron chi connectivity index (χ2n) is 5.52. The van der Waals surface area contributed by atoms with Crippen molar-refractivity contribution in [2.75, 3.05) is 6.26 Å². The van der Waals surface area contributed by atoms with Crippen LogP contribution in [0.15, 0.2) is 53.4 Å². The molecule has 3 rings (SSSR count). The molecule has 0 aliphatic heterocycles. The van der Waals surface area contributed by atoms with E-state index in [4.69, 9.17) is 11.6 Å². The normalized spacial score (nSPS) is 14.5. The van der Waals surface area contributed by atoms with Crippen LogP contribution < -0.4 is 0 Å². The van der Waals surface area contributed by atoms with Crippen LogP contribution in [0.4, 0.5) is 8.78 Å². The van der Waals surface area contributed by atoms with Crippen molar-refractivity contribution in [3.63, 3.8) is 0 Å². The van der Waals surface area contributed by atoms with E-state index >= 15 is 0 Å². The van der Waals surface area contributed by atoms with E-state index in [1.165, 1.54) is 0 Å². The SMILES string of the molecule is CS(=O)(=O)c1cc(F)c(C2=CCC=C2c2cccc(Cl)c2)cc1F. The van der Waals surface area contributed by atoms with Crippen LogP contribution in [0.3, 0.4) is 0 Å². The molecule has 1 aliphatic carbocycles. The van der Waals surface area contributed by atoms with Crippen molar-refractivity contribution >= 4 is 32.6 Å². The number of sulfone groups is 1. The van der Waals surface area contributed by atoms with Crippen molar-refractivity contribution in [3.05, 3.63) is 76.3 Å². The third kappa shape index (κ3) is 3.14. The van der Waals surface area contributed by atoms with Gasteiger partial charge in [-0.15, -0.1) is 0 Å². The lowest BCUT2D eigenvalue weighted by atomic mass is 9.94. The zero-order valence-corrected chi connectivity index (χ0v) is 14.3. The van der Waals surface area contributed by atoms with E-state index in [2.05, 4.69) is 0 Å². The standard InChI is InChI=1S/C18H13ClF2O2S/c1-24(22,23)18-10-16(20)15(9-17(18)21)14-7-3-6-13(14)11-4-2-5-12(19)8-11/h2,4-10H,3H2,1H3. The van der Waals surface area contributed by atoms with Gasteiger partial charge in [0.25, 0.3) is 0 Å². The Labute approximate surface area is 144 Å². The predicted octanol–water partition coefficient (Wildman–Crippen LogP) is 4.89. The fourth-order valence-electron chi connectivity index (χ4n) is 2.72. The highest BCUT2D eigenvalue weighted by Gasteiger charge is 2.22. The number of allylic oxidation sites excluding steroid dienone is 4. The fourth-order valence-corrected chi connectivity index (χ4v) is 3.64. The van der Waals surface area contributed by atoms with Gasteiger partial charge < -0.3 is 0 Å². The average molecular weight is 367 g/mol. The summed E-state index contributed by atoms with van der Waals surface area (Å²) in [7, 11) is -3.83. The molecule has 124 valence electrons. The van der Waals surface area contributed by atoms with Gasteiger partial charge in [-0.1, -0.05) is 35.9 Å². The van der Waals surface area contributed by atoms with Crippen molar-refractivity contribution in [2.24, 2.45) is 0 Å². The Morgan fingerprint density at radius 1 is 1.00 bits per heavy atom. The van der Waals surface area contributed by atoms with E-state index in [1.807, 2.05) is 12.1 Å². The van der Waals surface area contributed by atoms with Crippen molar-refractivity contribution in [1.29, 1.82) is 0 Å². The first kappa shape index (κ1) is 16.9. The van der Waals surface area contributed by atoms with Crippen LogP contribution in [-0.4, -0.2) is 14.7 Å². The van der Waals surface area contributed by atoms with Crippen LogP contribution in [-0.2, 0) is 9.84 Å². The van der Waals surface area contributed by atoms with Crippen molar-refractivity contribution < 1.29 is 17.2 Å². The highest BCUT2D eigenvalue weighted by molar-refractivity contribution is 7.90. The highest BCUT2D eigenvalue weighted by Crippen LogP contribution is 2.38. The summed E-state index contributed by atoms with van der Waals surface area (Å²) < 4.78 is 51.6. The molecule has 24 heavy (non-hydrogen) atoms. The monoisotopic (exact) mass is 366 g/mol. The summed E-state index contributed by atoms with van der Waals surface area (Å²) in [5, 5.41) is 0.540. The molecule has 0 heterocycles. The molecule has 2 aromatic carbocycles. The molecule has 0 fully saturated rings. The minimum absolute atomic E-state index is 0.0311. The van der Waals surface area contributed by atoms with Crippen molar-refractivity contribution in [1.82, 2.24) is 0 Å². The third-order valence-corrected chi connectivity index (χ3v) is 5.13. The highest BCUT2D eigenvalue weighted by atomic mass is 35.5. The first-order chi connectivity index (χ1) is 11.3. The van der Waals surface area contributed by atoms with Crippen LogP contribution in [0.25, 0.3) is 11.1 Å². The molecule has 0 spiro atoms. The minimum atomic E-state index is -3.83. The molecule has 0 amide bonds. The first-order valence-electron chi connectivity index (χ1n) is 7.13. The topological polar surface area (TPSA) is 34.1 Å². The molecular weight excluding hydrogens is 354 g/mol. The molecule has 0 saturated carbocycles. The second kappa shape index (κ2) is 6.15. The minimum Gasteiger partial charge on any atom is -0.224 e. The van der Waals surface area contributed by atoms with Crippen molar-refractivity contribution in [2.45, 2.75) is 11.3 Å². The van der Waals surface area contributed by atoms with Gasteiger partial charge in [0.05, 0.1) is 0 Å². The smallest absolute Gasteiger partial charge is 0.178 e. The Morgan fingerprint density at radius 3 is 2.38 bits per heavy atom. The fraction of sp³-hybridized carbons (Fsp3) is 0.111. The molecule has 0 N–H and O–H groups in total. The molecule has 0 radical (unpaired) electrons. The number of halogens is 3. The van der Waals surface area contributed by atoms with Crippen LogP contribution in [0.1, 0.15) is 17.5 Å². The van der Waals surface area contributed by atoms with E-state index in [0.717, 1.165) is 29.5 Å². The van der Waals surface area contributed by atoms with Gasteiger partial charge in [0.2, 0.25) is 0 Å². The number of hydrogen-bond acceptors (Lipinski definition) is 2. The van der Waals surface area contributed by atoms with E-state index in [0.29, 0.717) is 17.0 Å². The maximum Gasteiger partial charge on any atom is 0.178 e.